The maximum absolute atomic E-state index is 11.7. The van der Waals surface area contributed by atoms with Crippen molar-refractivity contribution in [1.29, 1.82) is 0 Å². The molecule has 0 aliphatic carbocycles. The van der Waals surface area contributed by atoms with Gasteiger partial charge in [0.2, 0.25) is 0 Å². The van der Waals surface area contributed by atoms with Crippen molar-refractivity contribution in [3.05, 3.63) is 17.5 Å². The highest BCUT2D eigenvalue weighted by molar-refractivity contribution is 8.13. The van der Waals surface area contributed by atoms with Gasteiger partial charge in [-0.15, -0.1) is 10.2 Å². The minimum absolute atomic E-state index is 0.277. The van der Waals surface area contributed by atoms with E-state index >= 15 is 0 Å². The Morgan fingerprint density at radius 3 is 2.24 bits per heavy atom. The van der Waals surface area contributed by atoms with Gasteiger partial charge in [-0.25, -0.2) is 8.42 Å². The molecule has 0 atom stereocenters. The summed E-state index contributed by atoms with van der Waals surface area (Å²) in [6, 6.07) is 1.79. The smallest absolute Gasteiger partial charge is 0.291 e. The monoisotopic (exact) mass is 329 g/mol. The molecule has 0 saturated heterocycles. The van der Waals surface area contributed by atoms with E-state index < -0.39 is 14.6 Å². The van der Waals surface area contributed by atoms with Gasteiger partial charge in [0.15, 0.2) is 5.82 Å². The normalized spacial score (nSPS) is 12.7. The van der Waals surface area contributed by atoms with Gasteiger partial charge in [-0.2, -0.15) is 10.2 Å². The van der Waals surface area contributed by atoms with Crippen LogP contribution in [0.2, 0.25) is 0 Å². The molecule has 0 aliphatic rings. The van der Waals surface area contributed by atoms with Crippen LogP contribution in [-0.4, -0.2) is 33.4 Å². The minimum atomic E-state index is -4.00. The molecule has 0 aliphatic heterocycles. The SMILES string of the molecule is Cc1cc(-c2nnc(S(=O)(=O)Cl)n2C(C)(C)C)c(C)nn1. The number of halogens is 1. The lowest BCUT2D eigenvalue weighted by atomic mass is 10.1. The Hall–Kier alpha value is -1.54. The highest BCUT2D eigenvalue weighted by Crippen LogP contribution is 2.30. The number of aromatic nitrogens is 5. The molecule has 2 aromatic rings. The molecule has 0 aromatic carbocycles. The van der Waals surface area contributed by atoms with Gasteiger partial charge >= 0.3 is 0 Å². The van der Waals surface area contributed by atoms with Crippen LogP contribution in [0.25, 0.3) is 11.4 Å². The second-order valence-corrected chi connectivity index (χ2v) is 8.19. The number of hydrogen-bond donors (Lipinski definition) is 0. The van der Waals surface area contributed by atoms with Crippen molar-refractivity contribution in [2.24, 2.45) is 0 Å². The molecule has 0 amide bonds. The van der Waals surface area contributed by atoms with Crippen molar-refractivity contribution in [2.45, 2.75) is 45.3 Å². The van der Waals surface area contributed by atoms with Crippen molar-refractivity contribution < 1.29 is 8.42 Å². The minimum Gasteiger partial charge on any atom is -0.291 e. The Kier molecular flexibility index (Phi) is 3.79. The summed E-state index contributed by atoms with van der Waals surface area (Å²) >= 11 is 0. The van der Waals surface area contributed by atoms with Gasteiger partial charge in [0, 0.05) is 21.8 Å². The first-order valence-corrected chi connectivity index (χ1v) is 8.54. The molecule has 9 heteroatoms. The van der Waals surface area contributed by atoms with E-state index in [2.05, 4.69) is 20.4 Å². The van der Waals surface area contributed by atoms with E-state index in [9.17, 15) is 8.42 Å². The molecule has 114 valence electrons. The molecule has 21 heavy (non-hydrogen) atoms. The predicted molar refractivity (Wildman–Crippen MR) is 78.6 cm³/mol. The first-order chi connectivity index (χ1) is 9.51. The van der Waals surface area contributed by atoms with Crippen LogP contribution in [0.15, 0.2) is 11.2 Å². The van der Waals surface area contributed by atoms with Gasteiger partial charge in [0.1, 0.15) is 0 Å². The molecular formula is C12H16ClN5O2S. The lowest BCUT2D eigenvalue weighted by molar-refractivity contribution is 0.367. The average molecular weight is 330 g/mol. The molecule has 0 fully saturated rings. The first-order valence-electron chi connectivity index (χ1n) is 6.23. The summed E-state index contributed by atoms with van der Waals surface area (Å²) in [5.41, 5.74) is 1.45. The third kappa shape index (κ3) is 3.06. The van der Waals surface area contributed by atoms with E-state index in [1.165, 1.54) is 4.57 Å². The van der Waals surface area contributed by atoms with Gasteiger partial charge < -0.3 is 0 Å². The Morgan fingerprint density at radius 2 is 1.71 bits per heavy atom. The van der Waals surface area contributed by atoms with Crippen LogP contribution in [0, 0.1) is 13.8 Å². The molecule has 2 aromatic heterocycles. The molecule has 7 nitrogen and oxygen atoms in total. The third-order valence-corrected chi connectivity index (χ3v) is 3.98. The van der Waals surface area contributed by atoms with Crippen LogP contribution < -0.4 is 0 Å². The summed E-state index contributed by atoms with van der Waals surface area (Å²) in [6.07, 6.45) is 0. The Labute approximate surface area is 127 Å². The first kappa shape index (κ1) is 15.8. The summed E-state index contributed by atoms with van der Waals surface area (Å²) in [7, 11) is 1.46. The lowest BCUT2D eigenvalue weighted by Gasteiger charge is -2.24. The third-order valence-electron chi connectivity index (χ3n) is 2.86. The average Bonchev–Trinajstić information content (AvgIpc) is 2.76. The van der Waals surface area contributed by atoms with Gasteiger partial charge in [-0.1, -0.05) is 0 Å². The molecule has 0 radical (unpaired) electrons. The Morgan fingerprint density at radius 1 is 1.10 bits per heavy atom. The van der Waals surface area contributed by atoms with E-state index in [1.54, 1.807) is 19.9 Å². The van der Waals surface area contributed by atoms with Crippen LogP contribution in [-0.2, 0) is 14.6 Å². The van der Waals surface area contributed by atoms with Crippen LogP contribution >= 0.6 is 10.7 Å². The van der Waals surface area contributed by atoms with Crippen molar-refractivity contribution in [2.75, 3.05) is 0 Å². The quantitative estimate of drug-likeness (QED) is 0.783. The molecule has 0 saturated carbocycles. The van der Waals surface area contributed by atoms with Crippen molar-refractivity contribution in [3.8, 4) is 11.4 Å². The highest BCUT2D eigenvalue weighted by Gasteiger charge is 2.30. The standard InChI is InChI=1S/C12H16ClN5O2S/c1-7-6-9(8(2)15-14-7)10-16-17-11(21(13,19)20)18(10)12(3,4)5/h6H,1-5H3. The van der Waals surface area contributed by atoms with Crippen LogP contribution in [0.1, 0.15) is 32.2 Å². The van der Waals surface area contributed by atoms with Crippen LogP contribution in [0.4, 0.5) is 0 Å². The number of nitrogens with zero attached hydrogens (tertiary/aromatic N) is 5. The fourth-order valence-corrected chi connectivity index (χ4v) is 3.00. The van der Waals surface area contributed by atoms with Crippen molar-refractivity contribution >= 4 is 19.7 Å². The zero-order valence-electron chi connectivity index (χ0n) is 12.4. The number of rotatable bonds is 2. The second-order valence-electron chi connectivity index (χ2n) is 5.74. The fourth-order valence-electron chi connectivity index (χ4n) is 1.98. The van der Waals surface area contributed by atoms with Crippen molar-refractivity contribution in [1.82, 2.24) is 25.0 Å². The zero-order valence-corrected chi connectivity index (χ0v) is 14.0. The number of hydrogen-bond acceptors (Lipinski definition) is 6. The predicted octanol–water partition coefficient (Wildman–Crippen LogP) is 2.03. The maximum Gasteiger partial charge on any atom is 0.296 e. The molecule has 0 spiro atoms. The largest absolute Gasteiger partial charge is 0.296 e. The van der Waals surface area contributed by atoms with Crippen molar-refractivity contribution in [3.63, 3.8) is 0 Å². The highest BCUT2D eigenvalue weighted by atomic mass is 35.7. The second kappa shape index (κ2) is 5.03. The molecule has 0 unspecified atom stereocenters. The fraction of sp³-hybridized carbons (Fsp3) is 0.500. The molecule has 2 rings (SSSR count). The van der Waals surface area contributed by atoms with E-state index in [0.717, 1.165) is 0 Å². The molecule has 0 N–H and O–H groups in total. The number of aryl methyl sites for hydroxylation is 2. The summed E-state index contributed by atoms with van der Waals surface area (Å²) < 4.78 is 24.9. The van der Waals surface area contributed by atoms with Gasteiger partial charge in [-0.05, 0) is 40.7 Å². The summed E-state index contributed by atoms with van der Waals surface area (Å²) in [5.74, 6) is 0.400. The summed E-state index contributed by atoms with van der Waals surface area (Å²) in [5, 5.41) is 15.5. The Bertz CT molecular complexity index is 792. The van der Waals surface area contributed by atoms with E-state index in [1.807, 2.05) is 20.8 Å². The van der Waals surface area contributed by atoms with Gasteiger partial charge in [0.25, 0.3) is 14.2 Å². The summed E-state index contributed by atoms with van der Waals surface area (Å²) in [4.78, 5) is 0. The molecular weight excluding hydrogens is 314 g/mol. The Balaban J connectivity index is 2.83. The molecule has 0 bridgehead atoms. The van der Waals surface area contributed by atoms with Gasteiger partial charge in [-0.3, -0.25) is 4.57 Å². The van der Waals surface area contributed by atoms with Crippen LogP contribution in [0.5, 0.6) is 0 Å². The maximum atomic E-state index is 11.7. The lowest BCUT2D eigenvalue weighted by Crippen LogP contribution is -2.26. The zero-order chi connectivity index (χ0) is 16.0. The van der Waals surface area contributed by atoms with E-state index in [0.29, 0.717) is 22.8 Å². The van der Waals surface area contributed by atoms with E-state index in [4.69, 9.17) is 10.7 Å². The molecule has 2 heterocycles. The van der Waals surface area contributed by atoms with Gasteiger partial charge in [0.05, 0.1) is 11.4 Å². The summed E-state index contributed by atoms with van der Waals surface area (Å²) in [6.45, 7) is 9.12. The topological polar surface area (TPSA) is 90.6 Å². The van der Waals surface area contributed by atoms with Crippen LogP contribution in [0.3, 0.4) is 0 Å². The van der Waals surface area contributed by atoms with E-state index in [-0.39, 0.29) is 5.16 Å².